The number of carbonyl (C=O) groups is 1. The summed E-state index contributed by atoms with van der Waals surface area (Å²) >= 11 is 0. The number of hydrogen-bond acceptors (Lipinski definition) is 4. The van der Waals surface area contributed by atoms with Gasteiger partial charge in [0.15, 0.2) is 0 Å². The third kappa shape index (κ3) is 3.28. The van der Waals surface area contributed by atoms with E-state index < -0.39 is 0 Å². The number of fused-ring (bicyclic) bond motifs is 2. The Kier molecular flexibility index (Phi) is 4.45. The summed E-state index contributed by atoms with van der Waals surface area (Å²) in [5.74, 6) is 1.06. The second-order valence-corrected chi connectivity index (χ2v) is 7.91. The second-order valence-electron chi connectivity index (χ2n) is 7.91. The number of aromatic nitrogens is 2. The van der Waals surface area contributed by atoms with Crippen molar-refractivity contribution in [3.63, 3.8) is 0 Å². The van der Waals surface area contributed by atoms with Crippen LogP contribution in [0.3, 0.4) is 0 Å². The predicted molar refractivity (Wildman–Crippen MR) is 104 cm³/mol. The number of nitrogens with one attached hydrogen (secondary N) is 1. The maximum absolute atomic E-state index is 12.9. The third-order valence-electron chi connectivity index (χ3n) is 6.33. The molecule has 1 N–H and O–H groups in total. The van der Waals surface area contributed by atoms with Gasteiger partial charge in [-0.05, 0) is 30.4 Å². The third-order valence-corrected chi connectivity index (χ3v) is 6.33. The molecule has 6 heteroatoms. The first-order valence-corrected chi connectivity index (χ1v) is 10.1. The van der Waals surface area contributed by atoms with Crippen molar-refractivity contribution in [1.29, 1.82) is 0 Å². The highest BCUT2D eigenvalue weighted by Crippen LogP contribution is 2.25. The largest absolute Gasteiger partial charge is 0.335 e. The zero-order valence-electron chi connectivity index (χ0n) is 15.7. The van der Waals surface area contributed by atoms with E-state index in [-0.39, 0.29) is 5.91 Å². The smallest absolute Gasteiger partial charge is 0.274 e. The Morgan fingerprint density at radius 3 is 2.70 bits per heavy atom. The number of hydrogen-bond donors (Lipinski definition) is 1. The summed E-state index contributed by atoms with van der Waals surface area (Å²) in [4.78, 5) is 22.0. The van der Waals surface area contributed by atoms with Crippen molar-refractivity contribution >= 4 is 5.91 Å². The van der Waals surface area contributed by atoms with Crippen LogP contribution in [-0.2, 0) is 25.9 Å². The van der Waals surface area contributed by atoms with Gasteiger partial charge >= 0.3 is 0 Å². The van der Waals surface area contributed by atoms with Crippen LogP contribution in [0.25, 0.3) is 0 Å². The van der Waals surface area contributed by atoms with Crippen LogP contribution in [-0.4, -0.2) is 64.0 Å². The van der Waals surface area contributed by atoms with Gasteiger partial charge in [-0.2, -0.15) is 0 Å². The van der Waals surface area contributed by atoms with E-state index in [2.05, 4.69) is 44.0 Å². The first-order valence-electron chi connectivity index (χ1n) is 10.1. The van der Waals surface area contributed by atoms with Crippen LogP contribution in [0.2, 0.25) is 0 Å². The molecule has 0 radical (unpaired) electrons. The lowest BCUT2D eigenvalue weighted by Crippen LogP contribution is -2.53. The van der Waals surface area contributed by atoms with Crippen molar-refractivity contribution < 1.29 is 4.79 Å². The van der Waals surface area contributed by atoms with Gasteiger partial charge in [-0.1, -0.05) is 24.3 Å². The minimum atomic E-state index is 0.0885. The topological polar surface area (TPSA) is 53.4 Å². The Balaban J connectivity index is 1.20. The number of nitrogens with zero attached hydrogens (tertiary/aromatic N) is 4. The SMILES string of the molecule is O=C(c1cn2c(n1)CNCC2)N1CCN([C@@H]2CCc3ccccc3C2)CC1. The number of amides is 1. The highest BCUT2D eigenvalue weighted by atomic mass is 16.2. The molecule has 1 saturated heterocycles. The molecule has 3 heterocycles. The molecule has 1 aromatic carbocycles. The lowest BCUT2D eigenvalue weighted by molar-refractivity contribution is 0.0548. The molecule has 2 aliphatic heterocycles. The fourth-order valence-corrected chi connectivity index (χ4v) is 4.73. The van der Waals surface area contributed by atoms with Crippen molar-refractivity contribution in [2.45, 2.75) is 38.4 Å². The molecule has 2 aromatic rings. The minimum Gasteiger partial charge on any atom is -0.335 e. The number of carbonyl (C=O) groups excluding carboxylic acids is 1. The fraction of sp³-hybridized carbons (Fsp3) is 0.524. The normalized spacial score (nSPS) is 23.0. The molecule has 0 saturated carbocycles. The lowest BCUT2D eigenvalue weighted by atomic mass is 9.87. The van der Waals surface area contributed by atoms with E-state index in [4.69, 9.17) is 0 Å². The summed E-state index contributed by atoms with van der Waals surface area (Å²) in [6.45, 7) is 6.13. The van der Waals surface area contributed by atoms with E-state index in [1.807, 2.05) is 11.1 Å². The van der Waals surface area contributed by atoms with E-state index in [1.165, 1.54) is 24.0 Å². The summed E-state index contributed by atoms with van der Waals surface area (Å²) in [5, 5.41) is 3.31. The van der Waals surface area contributed by atoms with Crippen molar-refractivity contribution in [2.75, 3.05) is 32.7 Å². The lowest BCUT2D eigenvalue weighted by Gasteiger charge is -2.41. The second kappa shape index (κ2) is 7.09. The van der Waals surface area contributed by atoms with E-state index in [1.54, 1.807) is 0 Å². The monoisotopic (exact) mass is 365 g/mol. The zero-order chi connectivity index (χ0) is 18.2. The Labute approximate surface area is 160 Å². The first kappa shape index (κ1) is 17.0. The molecule has 6 nitrogen and oxygen atoms in total. The molecule has 1 aromatic heterocycles. The van der Waals surface area contributed by atoms with E-state index >= 15 is 0 Å². The molecule has 1 aliphatic carbocycles. The van der Waals surface area contributed by atoms with Gasteiger partial charge in [0.2, 0.25) is 0 Å². The average Bonchev–Trinajstić information content (AvgIpc) is 3.17. The van der Waals surface area contributed by atoms with Crippen molar-refractivity contribution in [2.24, 2.45) is 0 Å². The number of rotatable bonds is 2. The van der Waals surface area contributed by atoms with Gasteiger partial charge in [0, 0.05) is 51.5 Å². The van der Waals surface area contributed by atoms with Crippen LogP contribution in [0.1, 0.15) is 33.9 Å². The Morgan fingerprint density at radius 1 is 1.07 bits per heavy atom. The van der Waals surface area contributed by atoms with Gasteiger partial charge in [-0.3, -0.25) is 9.69 Å². The quantitative estimate of drug-likeness (QED) is 0.872. The standard InChI is InChI=1S/C21H27N5O/c27-21(19-15-26-8-7-22-14-20(26)23-19)25-11-9-24(10-12-25)18-6-5-16-3-1-2-4-17(16)13-18/h1-4,15,18,22H,5-14H2/t18-/m1/s1. The van der Waals surface area contributed by atoms with E-state index in [9.17, 15) is 4.79 Å². The molecule has 1 amide bonds. The molecule has 0 bridgehead atoms. The molecule has 0 unspecified atom stereocenters. The van der Waals surface area contributed by atoms with Crippen LogP contribution in [0.4, 0.5) is 0 Å². The first-order chi connectivity index (χ1) is 13.3. The molecule has 142 valence electrons. The van der Waals surface area contributed by atoms with Crippen molar-refractivity contribution in [3.05, 3.63) is 53.1 Å². The van der Waals surface area contributed by atoms with Crippen LogP contribution >= 0.6 is 0 Å². The van der Waals surface area contributed by atoms with Gasteiger partial charge in [0.05, 0.1) is 6.54 Å². The van der Waals surface area contributed by atoms with E-state index in [0.29, 0.717) is 11.7 Å². The molecular formula is C21H27N5O. The summed E-state index contributed by atoms with van der Waals surface area (Å²) in [6, 6.07) is 9.45. The van der Waals surface area contributed by atoms with Crippen LogP contribution in [0, 0.1) is 0 Å². The molecule has 27 heavy (non-hydrogen) atoms. The molecule has 5 rings (SSSR count). The van der Waals surface area contributed by atoms with Crippen molar-refractivity contribution in [3.8, 4) is 0 Å². The molecule has 1 atom stereocenters. The Bertz CT molecular complexity index is 813. The average molecular weight is 365 g/mol. The van der Waals surface area contributed by atoms with Gasteiger partial charge < -0.3 is 14.8 Å². The van der Waals surface area contributed by atoms with Crippen molar-refractivity contribution in [1.82, 2.24) is 24.7 Å². The molecular weight excluding hydrogens is 338 g/mol. The van der Waals surface area contributed by atoms with E-state index in [0.717, 1.165) is 58.1 Å². The number of imidazole rings is 1. The number of benzene rings is 1. The van der Waals surface area contributed by atoms with Crippen LogP contribution in [0.15, 0.2) is 30.5 Å². The zero-order valence-corrected chi connectivity index (χ0v) is 15.7. The molecule has 3 aliphatic rings. The highest BCUT2D eigenvalue weighted by molar-refractivity contribution is 5.92. The highest BCUT2D eigenvalue weighted by Gasteiger charge is 2.30. The number of aryl methyl sites for hydroxylation is 1. The maximum Gasteiger partial charge on any atom is 0.274 e. The number of piperazine rings is 1. The molecule has 1 fully saturated rings. The minimum absolute atomic E-state index is 0.0885. The fourth-order valence-electron chi connectivity index (χ4n) is 4.73. The van der Waals surface area contributed by atoms with Crippen LogP contribution < -0.4 is 5.32 Å². The summed E-state index contributed by atoms with van der Waals surface area (Å²) in [5.41, 5.74) is 3.62. The van der Waals surface area contributed by atoms with Gasteiger partial charge in [0.1, 0.15) is 11.5 Å². The Hall–Kier alpha value is -2.18. The van der Waals surface area contributed by atoms with Gasteiger partial charge in [-0.15, -0.1) is 0 Å². The molecule has 0 spiro atoms. The predicted octanol–water partition coefficient (Wildman–Crippen LogP) is 1.30. The van der Waals surface area contributed by atoms with Gasteiger partial charge in [0.25, 0.3) is 5.91 Å². The summed E-state index contributed by atoms with van der Waals surface area (Å²) in [7, 11) is 0. The summed E-state index contributed by atoms with van der Waals surface area (Å²) < 4.78 is 2.11. The summed E-state index contributed by atoms with van der Waals surface area (Å²) in [6.07, 6.45) is 5.48. The van der Waals surface area contributed by atoms with Crippen LogP contribution in [0.5, 0.6) is 0 Å². The van der Waals surface area contributed by atoms with Gasteiger partial charge in [-0.25, -0.2) is 4.98 Å². The maximum atomic E-state index is 12.9. The Morgan fingerprint density at radius 2 is 1.89 bits per heavy atom.